The fourth-order valence-corrected chi connectivity index (χ4v) is 1.06. The summed E-state index contributed by atoms with van der Waals surface area (Å²) in [5.74, 6) is 0. The van der Waals surface area contributed by atoms with E-state index in [0.29, 0.717) is 10.6 Å². The summed E-state index contributed by atoms with van der Waals surface area (Å²) in [4.78, 5) is 0. The highest BCUT2D eigenvalue weighted by Gasteiger charge is 2.12. The van der Waals surface area contributed by atoms with E-state index in [9.17, 15) is 5.11 Å². The molecule has 0 bridgehead atoms. The molecule has 2 atom stereocenters. The topological polar surface area (TPSA) is 40.5 Å². The zero-order chi connectivity index (χ0) is 9.14. The van der Waals surface area contributed by atoms with Crippen molar-refractivity contribution in [1.82, 2.24) is 0 Å². The first-order chi connectivity index (χ1) is 5.61. The molecular weight excluding hydrogens is 176 g/mol. The molecule has 0 heterocycles. The maximum Gasteiger partial charge on any atom is 0.105 e. The van der Waals surface area contributed by atoms with E-state index in [2.05, 4.69) is 0 Å². The molecule has 0 aliphatic heterocycles. The van der Waals surface area contributed by atoms with Gasteiger partial charge in [-0.1, -0.05) is 23.7 Å². The van der Waals surface area contributed by atoms with E-state index in [1.165, 1.54) is 0 Å². The fourth-order valence-electron chi connectivity index (χ4n) is 0.938. The van der Waals surface area contributed by atoms with Crippen molar-refractivity contribution in [3.63, 3.8) is 0 Å². The van der Waals surface area contributed by atoms with Crippen LogP contribution in [-0.4, -0.2) is 16.3 Å². The van der Waals surface area contributed by atoms with Crippen LogP contribution < -0.4 is 0 Å². The molecule has 12 heavy (non-hydrogen) atoms. The summed E-state index contributed by atoms with van der Waals surface area (Å²) in [6.45, 7) is 1.54. The van der Waals surface area contributed by atoms with Crippen molar-refractivity contribution in [3.8, 4) is 0 Å². The lowest BCUT2D eigenvalue weighted by atomic mass is 10.1. The molecule has 0 aromatic heterocycles. The highest BCUT2D eigenvalue weighted by atomic mass is 35.5. The molecule has 0 amide bonds. The summed E-state index contributed by atoms with van der Waals surface area (Å²) < 4.78 is 0. The molecule has 0 aliphatic rings. The Bertz CT molecular complexity index is 243. The lowest BCUT2D eigenvalue weighted by Crippen LogP contribution is -2.13. The standard InChI is InChI=1S/C9H11ClO2/c1-6(11)9(12)7-2-4-8(10)5-3-7/h2-6,9,11-12H,1H3/t6-,9-/m1/s1. The molecule has 0 spiro atoms. The van der Waals surface area contributed by atoms with Gasteiger partial charge in [-0.2, -0.15) is 0 Å². The minimum atomic E-state index is -0.831. The van der Waals surface area contributed by atoms with Crippen LogP contribution in [0.5, 0.6) is 0 Å². The van der Waals surface area contributed by atoms with Crippen LogP contribution in [0.15, 0.2) is 24.3 Å². The number of hydrogen-bond donors (Lipinski definition) is 2. The van der Waals surface area contributed by atoms with Gasteiger partial charge in [-0.15, -0.1) is 0 Å². The highest BCUT2D eigenvalue weighted by Crippen LogP contribution is 2.18. The van der Waals surface area contributed by atoms with E-state index in [4.69, 9.17) is 16.7 Å². The Labute approximate surface area is 76.4 Å². The van der Waals surface area contributed by atoms with Crippen molar-refractivity contribution in [2.45, 2.75) is 19.1 Å². The molecule has 0 saturated carbocycles. The monoisotopic (exact) mass is 186 g/mol. The molecule has 2 nitrogen and oxygen atoms in total. The van der Waals surface area contributed by atoms with Crippen molar-refractivity contribution >= 4 is 11.6 Å². The first kappa shape index (κ1) is 9.52. The lowest BCUT2D eigenvalue weighted by Gasteiger charge is -2.13. The maximum absolute atomic E-state index is 9.40. The van der Waals surface area contributed by atoms with Gasteiger partial charge in [0, 0.05) is 5.02 Å². The second-order valence-corrected chi connectivity index (χ2v) is 3.17. The normalized spacial score (nSPS) is 15.7. The molecular formula is C9H11ClO2. The molecule has 0 fully saturated rings. The Morgan fingerprint density at radius 2 is 1.67 bits per heavy atom. The van der Waals surface area contributed by atoms with Gasteiger partial charge < -0.3 is 10.2 Å². The van der Waals surface area contributed by atoms with Crippen molar-refractivity contribution < 1.29 is 10.2 Å². The van der Waals surface area contributed by atoms with Crippen LogP contribution in [0.2, 0.25) is 5.02 Å². The zero-order valence-corrected chi connectivity index (χ0v) is 7.49. The number of hydrogen-bond acceptors (Lipinski definition) is 2. The summed E-state index contributed by atoms with van der Waals surface area (Å²) in [7, 11) is 0. The van der Waals surface area contributed by atoms with Gasteiger partial charge in [0.1, 0.15) is 6.10 Å². The van der Waals surface area contributed by atoms with Crippen molar-refractivity contribution in [2.24, 2.45) is 0 Å². The van der Waals surface area contributed by atoms with Crippen LogP contribution in [0, 0.1) is 0 Å². The Hall–Kier alpha value is -0.570. The van der Waals surface area contributed by atoms with E-state index in [1.54, 1.807) is 31.2 Å². The lowest BCUT2D eigenvalue weighted by molar-refractivity contribution is 0.0305. The average molecular weight is 187 g/mol. The fraction of sp³-hybridized carbons (Fsp3) is 0.333. The Morgan fingerprint density at radius 3 is 2.08 bits per heavy atom. The third-order valence-electron chi connectivity index (χ3n) is 1.67. The van der Waals surface area contributed by atoms with E-state index < -0.39 is 12.2 Å². The van der Waals surface area contributed by atoms with Crippen LogP contribution in [-0.2, 0) is 0 Å². The van der Waals surface area contributed by atoms with Crippen molar-refractivity contribution in [1.29, 1.82) is 0 Å². The average Bonchev–Trinajstić information content (AvgIpc) is 2.04. The Balaban J connectivity index is 2.82. The maximum atomic E-state index is 9.40. The van der Waals surface area contributed by atoms with Gasteiger partial charge in [-0.05, 0) is 24.6 Å². The molecule has 2 N–H and O–H groups in total. The second kappa shape index (κ2) is 3.90. The summed E-state index contributed by atoms with van der Waals surface area (Å²) in [5.41, 5.74) is 0.675. The predicted octanol–water partition coefficient (Wildman–Crippen LogP) is 1.75. The van der Waals surface area contributed by atoms with Gasteiger partial charge in [0.25, 0.3) is 0 Å². The summed E-state index contributed by atoms with van der Waals surface area (Å²) in [6.07, 6.45) is -1.59. The molecule has 0 unspecified atom stereocenters. The third kappa shape index (κ3) is 2.21. The minimum Gasteiger partial charge on any atom is -0.390 e. The summed E-state index contributed by atoms with van der Waals surface area (Å²) in [6, 6.07) is 6.75. The van der Waals surface area contributed by atoms with Crippen LogP contribution in [0.1, 0.15) is 18.6 Å². The first-order valence-corrected chi connectivity index (χ1v) is 4.10. The van der Waals surface area contributed by atoms with E-state index in [-0.39, 0.29) is 0 Å². The van der Waals surface area contributed by atoms with Crippen molar-refractivity contribution in [3.05, 3.63) is 34.9 Å². The molecule has 0 saturated heterocycles. The molecule has 0 aliphatic carbocycles. The van der Waals surface area contributed by atoms with Gasteiger partial charge in [0.15, 0.2) is 0 Å². The smallest absolute Gasteiger partial charge is 0.105 e. The largest absolute Gasteiger partial charge is 0.390 e. The van der Waals surface area contributed by atoms with Gasteiger partial charge in [-0.25, -0.2) is 0 Å². The molecule has 1 aromatic rings. The van der Waals surface area contributed by atoms with Gasteiger partial charge in [-0.3, -0.25) is 0 Å². The van der Waals surface area contributed by atoms with E-state index in [1.807, 2.05) is 0 Å². The van der Waals surface area contributed by atoms with Crippen molar-refractivity contribution in [2.75, 3.05) is 0 Å². The van der Waals surface area contributed by atoms with Gasteiger partial charge >= 0.3 is 0 Å². The molecule has 1 aromatic carbocycles. The van der Waals surface area contributed by atoms with Crippen LogP contribution in [0.25, 0.3) is 0 Å². The summed E-state index contributed by atoms with van der Waals surface area (Å²) in [5, 5.41) is 19.1. The Morgan fingerprint density at radius 1 is 1.17 bits per heavy atom. The predicted molar refractivity (Wildman–Crippen MR) is 48.1 cm³/mol. The number of aliphatic hydroxyl groups excluding tert-OH is 2. The Kier molecular flexibility index (Phi) is 3.09. The SMILES string of the molecule is C[C@@H](O)[C@@H](O)c1ccc(Cl)cc1. The number of halogens is 1. The highest BCUT2D eigenvalue weighted by molar-refractivity contribution is 6.30. The van der Waals surface area contributed by atoms with Crippen LogP contribution >= 0.6 is 11.6 Å². The molecule has 1 rings (SSSR count). The number of benzene rings is 1. The van der Waals surface area contributed by atoms with Crippen LogP contribution in [0.4, 0.5) is 0 Å². The first-order valence-electron chi connectivity index (χ1n) is 3.73. The number of aliphatic hydroxyl groups is 2. The van der Waals surface area contributed by atoms with Gasteiger partial charge in [0.05, 0.1) is 6.10 Å². The zero-order valence-electron chi connectivity index (χ0n) is 6.74. The number of rotatable bonds is 2. The van der Waals surface area contributed by atoms with Gasteiger partial charge in [0.2, 0.25) is 0 Å². The molecule has 3 heteroatoms. The van der Waals surface area contributed by atoms with E-state index >= 15 is 0 Å². The summed E-state index contributed by atoms with van der Waals surface area (Å²) >= 11 is 5.65. The third-order valence-corrected chi connectivity index (χ3v) is 1.92. The minimum absolute atomic E-state index is 0.622. The quantitative estimate of drug-likeness (QED) is 0.739. The van der Waals surface area contributed by atoms with E-state index in [0.717, 1.165) is 0 Å². The second-order valence-electron chi connectivity index (χ2n) is 2.74. The molecule has 66 valence electrons. The molecule has 0 radical (unpaired) electrons. The van der Waals surface area contributed by atoms with Crippen LogP contribution in [0.3, 0.4) is 0 Å².